The van der Waals surface area contributed by atoms with E-state index in [1.807, 2.05) is 4.57 Å². The maximum absolute atomic E-state index is 13.4. The Labute approximate surface area is 102 Å². The lowest BCUT2D eigenvalue weighted by Gasteiger charge is -2.02. The fourth-order valence-electron chi connectivity index (χ4n) is 1.89. The van der Waals surface area contributed by atoms with Crippen molar-refractivity contribution < 1.29 is 4.39 Å². The van der Waals surface area contributed by atoms with Crippen LogP contribution in [0, 0.1) is 16.5 Å². The van der Waals surface area contributed by atoms with E-state index < -0.39 is 5.82 Å². The first-order valence-electron chi connectivity index (χ1n) is 5.22. The number of nitrogens with one attached hydrogen (secondary N) is 1. The largest absolute Gasteiger partial charge is 0.331 e. The number of H-pyrrole nitrogens is 1. The predicted octanol–water partition coefficient (Wildman–Crippen LogP) is 3.90. The van der Waals surface area contributed by atoms with Gasteiger partial charge in [-0.05, 0) is 37.0 Å². The Hall–Kier alpha value is -0.870. The molecule has 0 saturated heterocycles. The monoisotopic (exact) mass is 256 g/mol. The number of rotatable bonds is 2. The zero-order chi connectivity index (χ0) is 11.3. The van der Waals surface area contributed by atoms with E-state index in [-0.39, 0.29) is 5.02 Å². The van der Waals surface area contributed by atoms with Gasteiger partial charge in [0, 0.05) is 12.6 Å². The van der Waals surface area contributed by atoms with E-state index in [9.17, 15) is 4.39 Å². The molecule has 84 valence electrons. The molecule has 1 fully saturated rings. The summed E-state index contributed by atoms with van der Waals surface area (Å²) in [6, 6.07) is 3.04. The van der Waals surface area contributed by atoms with Gasteiger partial charge in [0.15, 0.2) is 4.77 Å². The average Bonchev–Trinajstić information content (AvgIpc) is 2.99. The van der Waals surface area contributed by atoms with Crippen molar-refractivity contribution in [2.45, 2.75) is 19.4 Å². The number of fused-ring (bicyclic) bond motifs is 1. The number of nitrogens with zero attached hydrogens (tertiary/aromatic N) is 1. The number of aromatic amines is 1. The zero-order valence-electron chi connectivity index (χ0n) is 8.46. The van der Waals surface area contributed by atoms with Gasteiger partial charge in [-0.3, -0.25) is 0 Å². The summed E-state index contributed by atoms with van der Waals surface area (Å²) in [6.45, 7) is 0.875. The van der Waals surface area contributed by atoms with Gasteiger partial charge in [-0.1, -0.05) is 11.6 Å². The Balaban J connectivity index is 2.21. The molecular weight excluding hydrogens is 247 g/mol. The Morgan fingerprint density at radius 2 is 2.25 bits per heavy atom. The Morgan fingerprint density at radius 1 is 1.50 bits per heavy atom. The third kappa shape index (κ3) is 1.66. The zero-order valence-corrected chi connectivity index (χ0v) is 10.0. The van der Waals surface area contributed by atoms with Crippen LogP contribution in [0.3, 0.4) is 0 Å². The van der Waals surface area contributed by atoms with E-state index in [0.717, 1.165) is 17.6 Å². The molecule has 0 amide bonds. The van der Waals surface area contributed by atoms with Crippen LogP contribution in [-0.4, -0.2) is 9.55 Å². The SMILES string of the molecule is Fc1cc2c(cc1Cl)[nH]c(=S)n2CC1CC1. The van der Waals surface area contributed by atoms with Crippen LogP contribution in [0.5, 0.6) is 0 Å². The first-order chi connectivity index (χ1) is 7.65. The molecule has 1 aliphatic rings. The topological polar surface area (TPSA) is 20.7 Å². The van der Waals surface area contributed by atoms with Gasteiger partial charge in [-0.15, -0.1) is 0 Å². The molecule has 0 radical (unpaired) electrons. The third-order valence-electron chi connectivity index (χ3n) is 2.95. The van der Waals surface area contributed by atoms with Gasteiger partial charge in [0.25, 0.3) is 0 Å². The van der Waals surface area contributed by atoms with Crippen molar-refractivity contribution >= 4 is 34.9 Å². The van der Waals surface area contributed by atoms with Crippen molar-refractivity contribution in [3.8, 4) is 0 Å². The summed E-state index contributed by atoms with van der Waals surface area (Å²) in [5.41, 5.74) is 1.61. The van der Waals surface area contributed by atoms with Crippen molar-refractivity contribution in [1.82, 2.24) is 9.55 Å². The maximum atomic E-state index is 13.4. The molecule has 1 aliphatic carbocycles. The summed E-state index contributed by atoms with van der Waals surface area (Å²) in [7, 11) is 0. The van der Waals surface area contributed by atoms with Gasteiger partial charge >= 0.3 is 0 Å². The van der Waals surface area contributed by atoms with Crippen LogP contribution >= 0.6 is 23.8 Å². The van der Waals surface area contributed by atoms with Crippen molar-refractivity contribution in [2.24, 2.45) is 5.92 Å². The molecule has 1 heterocycles. The number of hydrogen-bond acceptors (Lipinski definition) is 1. The normalized spacial score (nSPS) is 15.9. The van der Waals surface area contributed by atoms with E-state index in [0.29, 0.717) is 10.7 Å². The van der Waals surface area contributed by atoms with Gasteiger partial charge in [0.05, 0.1) is 16.1 Å². The third-order valence-corrected chi connectivity index (χ3v) is 3.57. The number of imidazole rings is 1. The summed E-state index contributed by atoms with van der Waals surface area (Å²) in [5.74, 6) is 0.303. The van der Waals surface area contributed by atoms with Crippen LogP contribution in [0.1, 0.15) is 12.8 Å². The minimum atomic E-state index is -0.396. The second-order valence-electron chi connectivity index (χ2n) is 4.27. The quantitative estimate of drug-likeness (QED) is 0.808. The van der Waals surface area contributed by atoms with Crippen LogP contribution in [0.25, 0.3) is 11.0 Å². The van der Waals surface area contributed by atoms with Crippen LogP contribution in [0.2, 0.25) is 5.02 Å². The molecule has 3 rings (SSSR count). The lowest BCUT2D eigenvalue weighted by atomic mass is 10.3. The molecule has 0 bridgehead atoms. The van der Waals surface area contributed by atoms with E-state index in [4.69, 9.17) is 23.8 Å². The van der Waals surface area contributed by atoms with E-state index in [1.54, 1.807) is 6.07 Å². The van der Waals surface area contributed by atoms with Crippen LogP contribution < -0.4 is 0 Å². The summed E-state index contributed by atoms with van der Waals surface area (Å²) >= 11 is 11.0. The fourth-order valence-corrected chi connectivity index (χ4v) is 2.34. The molecule has 2 nitrogen and oxygen atoms in total. The molecule has 2 aromatic rings. The molecular formula is C11H10ClFN2S. The highest BCUT2D eigenvalue weighted by Gasteiger charge is 2.23. The number of aromatic nitrogens is 2. The van der Waals surface area contributed by atoms with Crippen LogP contribution in [0.4, 0.5) is 4.39 Å². The molecule has 16 heavy (non-hydrogen) atoms. The van der Waals surface area contributed by atoms with Crippen LogP contribution in [0.15, 0.2) is 12.1 Å². The first-order valence-corrected chi connectivity index (χ1v) is 6.01. The molecule has 0 spiro atoms. The smallest absolute Gasteiger partial charge is 0.178 e. The van der Waals surface area contributed by atoms with E-state index in [1.165, 1.54) is 18.9 Å². The number of benzene rings is 1. The van der Waals surface area contributed by atoms with E-state index in [2.05, 4.69) is 4.98 Å². The van der Waals surface area contributed by atoms with E-state index >= 15 is 0 Å². The minimum absolute atomic E-state index is 0.127. The molecule has 0 atom stereocenters. The predicted molar refractivity (Wildman–Crippen MR) is 64.8 cm³/mol. The van der Waals surface area contributed by atoms with Gasteiger partial charge in [0.2, 0.25) is 0 Å². The fraction of sp³-hybridized carbons (Fsp3) is 0.364. The second-order valence-corrected chi connectivity index (χ2v) is 5.06. The number of halogens is 2. The highest BCUT2D eigenvalue weighted by Crippen LogP contribution is 2.32. The Kier molecular flexibility index (Phi) is 2.30. The summed E-state index contributed by atoms with van der Waals surface area (Å²) in [4.78, 5) is 3.05. The molecule has 1 saturated carbocycles. The molecule has 1 aromatic heterocycles. The lowest BCUT2D eigenvalue weighted by Crippen LogP contribution is -1.99. The second kappa shape index (κ2) is 3.57. The highest BCUT2D eigenvalue weighted by molar-refractivity contribution is 7.71. The Bertz CT molecular complexity index is 612. The van der Waals surface area contributed by atoms with Crippen molar-refractivity contribution in [1.29, 1.82) is 0 Å². The number of hydrogen-bond donors (Lipinski definition) is 1. The molecule has 1 aromatic carbocycles. The standard InChI is InChI=1S/C11H10ClFN2S/c12-7-3-9-10(4-8(7)13)15(11(16)14-9)5-6-1-2-6/h3-4,6H,1-2,5H2,(H,14,16). The van der Waals surface area contributed by atoms with Gasteiger partial charge in [-0.2, -0.15) is 0 Å². The van der Waals surface area contributed by atoms with Gasteiger partial charge in [-0.25, -0.2) is 4.39 Å². The lowest BCUT2D eigenvalue weighted by molar-refractivity contribution is 0.619. The molecule has 0 aliphatic heterocycles. The van der Waals surface area contributed by atoms with Crippen molar-refractivity contribution in [3.05, 3.63) is 27.7 Å². The van der Waals surface area contributed by atoms with Gasteiger partial charge < -0.3 is 9.55 Å². The highest BCUT2D eigenvalue weighted by atomic mass is 35.5. The first kappa shape index (κ1) is 10.3. The molecule has 1 N–H and O–H groups in total. The molecule has 0 unspecified atom stereocenters. The summed E-state index contributed by atoms with van der Waals surface area (Å²) in [5, 5.41) is 0.127. The summed E-state index contributed by atoms with van der Waals surface area (Å²) < 4.78 is 16.0. The van der Waals surface area contributed by atoms with Crippen molar-refractivity contribution in [3.63, 3.8) is 0 Å². The maximum Gasteiger partial charge on any atom is 0.178 e. The van der Waals surface area contributed by atoms with Crippen molar-refractivity contribution in [2.75, 3.05) is 0 Å². The Morgan fingerprint density at radius 3 is 2.94 bits per heavy atom. The van der Waals surface area contributed by atoms with Crippen LogP contribution in [-0.2, 0) is 6.54 Å². The molecule has 5 heteroatoms. The van der Waals surface area contributed by atoms with Gasteiger partial charge in [0.1, 0.15) is 5.82 Å². The summed E-state index contributed by atoms with van der Waals surface area (Å²) in [6.07, 6.45) is 2.48. The average molecular weight is 257 g/mol. The minimum Gasteiger partial charge on any atom is -0.331 e.